The van der Waals surface area contributed by atoms with Gasteiger partial charge in [0.1, 0.15) is 11.6 Å². The number of carbonyl (C=O) groups is 2. The minimum absolute atomic E-state index is 0.0265. The zero-order chi connectivity index (χ0) is 13.9. The number of aryl methyl sites for hydroxylation is 1. The maximum absolute atomic E-state index is 13.5. The first-order valence-corrected chi connectivity index (χ1v) is 5.24. The molecule has 0 saturated heterocycles. The molecule has 0 spiro atoms. The van der Waals surface area contributed by atoms with Crippen LogP contribution in [0, 0.1) is 12.7 Å². The molecule has 0 heterocycles. The number of methoxy groups -OCH3 is 1. The molecule has 0 aromatic heterocycles. The molecule has 1 aromatic carbocycles. The van der Waals surface area contributed by atoms with E-state index < -0.39 is 23.3 Å². The molecule has 0 saturated carbocycles. The first-order valence-electron chi connectivity index (χ1n) is 4.86. The molecule has 0 bridgehead atoms. The highest BCUT2D eigenvalue weighted by atomic mass is 35.5. The lowest BCUT2D eigenvalue weighted by atomic mass is 10.1. The lowest BCUT2D eigenvalue weighted by molar-refractivity contribution is -0.149. The van der Waals surface area contributed by atoms with Gasteiger partial charge in [-0.25, -0.2) is 9.18 Å². The fourth-order valence-corrected chi connectivity index (χ4v) is 1.50. The Labute approximate surface area is 108 Å². The van der Waals surface area contributed by atoms with Gasteiger partial charge in [-0.05, 0) is 18.6 Å². The van der Waals surface area contributed by atoms with E-state index in [0.717, 1.165) is 13.2 Å². The number of aliphatic hydroxyl groups excluding tert-OH is 1. The summed E-state index contributed by atoms with van der Waals surface area (Å²) in [4.78, 5) is 22.1. The first kappa shape index (κ1) is 14.2. The van der Waals surface area contributed by atoms with Gasteiger partial charge in [-0.3, -0.25) is 4.79 Å². The molecular weight excluding hydrogens is 263 g/mol. The fourth-order valence-electron chi connectivity index (χ4n) is 1.25. The number of ketones is 1. The summed E-state index contributed by atoms with van der Waals surface area (Å²) >= 11 is 5.82. The predicted octanol–water partition coefficient (Wildman–Crippen LogP) is 2.43. The summed E-state index contributed by atoms with van der Waals surface area (Å²) in [5, 5.41) is 9.60. The van der Waals surface area contributed by atoms with Crippen LogP contribution in [-0.2, 0) is 14.3 Å². The van der Waals surface area contributed by atoms with Crippen molar-refractivity contribution >= 4 is 29.1 Å². The van der Waals surface area contributed by atoms with Crippen molar-refractivity contribution in [3.05, 3.63) is 40.2 Å². The normalized spacial score (nSPS) is 11.2. The topological polar surface area (TPSA) is 63.6 Å². The molecule has 0 unspecified atom stereocenters. The second-order valence-electron chi connectivity index (χ2n) is 3.44. The molecule has 1 aromatic rings. The first-order chi connectivity index (χ1) is 8.38. The molecule has 0 radical (unpaired) electrons. The predicted molar refractivity (Wildman–Crippen MR) is 63.8 cm³/mol. The SMILES string of the molecule is COC(=O)C(=O)/C=C(\O)c1c(F)ccc(C)c1Cl. The highest BCUT2D eigenvalue weighted by Gasteiger charge is 2.18. The van der Waals surface area contributed by atoms with Crippen molar-refractivity contribution < 1.29 is 23.8 Å². The Morgan fingerprint density at radius 1 is 1.44 bits per heavy atom. The van der Waals surface area contributed by atoms with Crippen LogP contribution in [0.1, 0.15) is 11.1 Å². The summed E-state index contributed by atoms with van der Waals surface area (Å²) in [5.74, 6) is -3.79. The Morgan fingerprint density at radius 2 is 2.06 bits per heavy atom. The van der Waals surface area contributed by atoms with Crippen LogP contribution in [0.15, 0.2) is 18.2 Å². The van der Waals surface area contributed by atoms with E-state index in [9.17, 15) is 19.1 Å². The number of rotatable bonds is 3. The molecule has 6 heteroatoms. The van der Waals surface area contributed by atoms with Crippen molar-refractivity contribution in [3.8, 4) is 0 Å². The average molecular weight is 273 g/mol. The number of halogens is 2. The summed E-state index contributed by atoms with van der Waals surface area (Å²) in [5.41, 5.74) is 0.201. The Morgan fingerprint density at radius 3 is 2.61 bits per heavy atom. The zero-order valence-electron chi connectivity index (χ0n) is 9.66. The van der Waals surface area contributed by atoms with Crippen LogP contribution < -0.4 is 0 Å². The van der Waals surface area contributed by atoms with Crippen LogP contribution in [0.3, 0.4) is 0 Å². The maximum Gasteiger partial charge on any atom is 0.378 e. The lowest BCUT2D eigenvalue weighted by Gasteiger charge is -2.07. The van der Waals surface area contributed by atoms with Crippen molar-refractivity contribution in [2.24, 2.45) is 0 Å². The van der Waals surface area contributed by atoms with E-state index in [1.54, 1.807) is 6.92 Å². The van der Waals surface area contributed by atoms with E-state index >= 15 is 0 Å². The standard InChI is InChI=1S/C12H10ClFO4/c1-6-3-4-7(14)10(11(6)13)8(15)5-9(16)12(17)18-2/h3-5,15H,1-2H3/b8-5-. The van der Waals surface area contributed by atoms with E-state index in [1.807, 2.05) is 0 Å². The van der Waals surface area contributed by atoms with E-state index in [2.05, 4.69) is 4.74 Å². The number of benzene rings is 1. The van der Waals surface area contributed by atoms with Gasteiger partial charge in [0.25, 0.3) is 5.78 Å². The molecule has 0 atom stereocenters. The molecule has 0 fully saturated rings. The van der Waals surface area contributed by atoms with Gasteiger partial charge in [0, 0.05) is 6.08 Å². The fraction of sp³-hybridized carbons (Fsp3) is 0.167. The quantitative estimate of drug-likeness (QED) is 0.397. The Bertz CT molecular complexity index is 537. The molecule has 0 aliphatic carbocycles. The molecule has 4 nitrogen and oxygen atoms in total. The molecular formula is C12H10ClFO4. The second-order valence-corrected chi connectivity index (χ2v) is 3.82. The zero-order valence-corrected chi connectivity index (χ0v) is 10.4. The van der Waals surface area contributed by atoms with Gasteiger partial charge in [0.15, 0.2) is 0 Å². The van der Waals surface area contributed by atoms with Gasteiger partial charge in [0.2, 0.25) is 0 Å². The Kier molecular flexibility index (Phi) is 4.44. The molecule has 0 aliphatic heterocycles. The number of esters is 1. The number of carbonyl (C=O) groups excluding carboxylic acids is 2. The summed E-state index contributed by atoms with van der Waals surface area (Å²) < 4.78 is 17.7. The molecule has 1 rings (SSSR count). The van der Waals surface area contributed by atoms with Gasteiger partial charge in [-0.2, -0.15) is 0 Å². The Hall–Kier alpha value is -1.88. The van der Waals surface area contributed by atoms with Crippen LogP contribution in [0.25, 0.3) is 5.76 Å². The molecule has 96 valence electrons. The Balaban J connectivity index is 3.23. The number of hydrogen-bond acceptors (Lipinski definition) is 4. The molecule has 18 heavy (non-hydrogen) atoms. The number of aliphatic hydroxyl groups is 1. The lowest BCUT2D eigenvalue weighted by Crippen LogP contribution is -2.13. The van der Waals surface area contributed by atoms with Crippen LogP contribution >= 0.6 is 11.6 Å². The minimum Gasteiger partial charge on any atom is -0.507 e. The number of ether oxygens (including phenoxy) is 1. The smallest absolute Gasteiger partial charge is 0.378 e. The average Bonchev–Trinajstić information content (AvgIpc) is 2.33. The van der Waals surface area contributed by atoms with Crippen molar-refractivity contribution in [1.29, 1.82) is 0 Å². The van der Waals surface area contributed by atoms with Crippen molar-refractivity contribution in [3.63, 3.8) is 0 Å². The minimum atomic E-state index is -1.16. The highest BCUT2D eigenvalue weighted by Crippen LogP contribution is 2.28. The summed E-state index contributed by atoms with van der Waals surface area (Å²) in [6.45, 7) is 1.61. The van der Waals surface area contributed by atoms with Gasteiger partial charge in [-0.15, -0.1) is 0 Å². The van der Waals surface area contributed by atoms with E-state index in [1.165, 1.54) is 6.07 Å². The largest absolute Gasteiger partial charge is 0.507 e. The molecule has 0 aliphatic rings. The van der Waals surface area contributed by atoms with E-state index in [0.29, 0.717) is 11.6 Å². The second kappa shape index (κ2) is 5.64. The maximum atomic E-state index is 13.5. The third kappa shape index (κ3) is 2.87. The van der Waals surface area contributed by atoms with Gasteiger partial charge < -0.3 is 9.84 Å². The molecule has 0 amide bonds. The molecule has 1 N–H and O–H groups in total. The highest BCUT2D eigenvalue weighted by molar-refractivity contribution is 6.39. The summed E-state index contributed by atoms with van der Waals surface area (Å²) in [6.07, 6.45) is 0.565. The van der Waals surface area contributed by atoms with Gasteiger partial charge in [-0.1, -0.05) is 17.7 Å². The summed E-state index contributed by atoms with van der Waals surface area (Å²) in [7, 11) is 1.02. The van der Waals surface area contributed by atoms with Crippen LogP contribution in [0.4, 0.5) is 4.39 Å². The van der Waals surface area contributed by atoms with Crippen LogP contribution in [0.5, 0.6) is 0 Å². The van der Waals surface area contributed by atoms with Gasteiger partial charge in [0.05, 0.1) is 17.7 Å². The third-order valence-corrected chi connectivity index (χ3v) is 2.68. The third-order valence-electron chi connectivity index (χ3n) is 2.19. The monoisotopic (exact) mass is 272 g/mol. The summed E-state index contributed by atoms with van der Waals surface area (Å²) in [6, 6.07) is 2.53. The van der Waals surface area contributed by atoms with E-state index in [4.69, 9.17) is 11.6 Å². The number of hydrogen-bond donors (Lipinski definition) is 1. The van der Waals surface area contributed by atoms with Crippen LogP contribution in [-0.4, -0.2) is 24.0 Å². The van der Waals surface area contributed by atoms with Crippen molar-refractivity contribution in [1.82, 2.24) is 0 Å². The van der Waals surface area contributed by atoms with Crippen molar-refractivity contribution in [2.75, 3.05) is 7.11 Å². The van der Waals surface area contributed by atoms with Crippen molar-refractivity contribution in [2.45, 2.75) is 6.92 Å². The van der Waals surface area contributed by atoms with Gasteiger partial charge >= 0.3 is 5.97 Å². The van der Waals surface area contributed by atoms with Crippen LogP contribution in [0.2, 0.25) is 5.02 Å². The van der Waals surface area contributed by atoms with E-state index in [-0.39, 0.29) is 10.6 Å².